The third-order valence-corrected chi connectivity index (χ3v) is 5.56. The zero-order valence-corrected chi connectivity index (χ0v) is 18.0. The summed E-state index contributed by atoms with van der Waals surface area (Å²) in [5.74, 6) is 0.966. The molecule has 0 saturated carbocycles. The quantitative estimate of drug-likeness (QED) is 0.790. The minimum atomic E-state index is -0.0975. The van der Waals surface area contributed by atoms with Crippen molar-refractivity contribution in [1.82, 2.24) is 24.8 Å². The van der Waals surface area contributed by atoms with Crippen LogP contribution in [0.3, 0.4) is 0 Å². The van der Waals surface area contributed by atoms with E-state index in [0.717, 1.165) is 48.6 Å². The summed E-state index contributed by atoms with van der Waals surface area (Å²) in [6, 6.07) is 2.55. The molecule has 2 aromatic rings. The van der Waals surface area contributed by atoms with Gasteiger partial charge in [-0.05, 0) is 53.2 Å². The monoisotopic (exact) mass is 384 g/mol. The van der Waals surface area contributed by atoms with Crippen molar-refractivity contribution >= 4 is 22.8 Å². The van der Waals surface area contributed by atoms with E-state index in [1.54, 1.807) is 0 Å². The van der Waals surface area contributed by atoms with Gasteiger partial charge in [0.1, 0.15) is 5.82 Å². The highest BCUT2D eigenvalue weighted by atomic mass is 16.2. The number of hydrogen-bond acceptors (Lipinski definition) is 6. The van der Waals surface area contributed by atoms with E-state index >= 15 is 0 Å². The first kappa shape index (κ1) is 20.5. The molecule has 152 valence electrons. The van der Waals surface area contributed by atoms with Gasteiger partial charge in [-0.25, -0.2) is 15.0 Å². The molecular weight excluding hydrogens is 352 g/mol. The van der Waals surface area contributed by atoms with Gasteiger partial charge in [0.25, 0.3) is 5.91 Å². The standard InChI is InChI=1S/C21H32N6O/c1-7-25(8-2)20-17-15(5)13-16(6)22-18(17)23-19(24-20)21(28)27-11-9-26(10-12-27)14(3)4/h13-14H,7-12H2,1-6H3. The van der Waals surface area contributed by atoms with E-state index in [9.17, 15) is 4.79 Å². The van der Waals surface area contributed by atoms with E-state index < -0.39 is 0 Å². The molecule has 0 N–H and O–H groups in total. The Morgan fingerprint density at radius 3 is 2.29 bits per heavy atom. The number of pyridine rings is 1. The topological polar surface area (TPSA) is 65.5 Å². The number of anilines is 1. The molecule has 0 aliphatic carbocycles. The Hall–Kier alpha value is -2.28. The molecule has 0 radical (unpaired) electrons. The second-order valence-corrected chi connectivity index (χ2v) is 7.74. The lowest BCUT2D eigenvalue weighted by molar-refractivity contribution is 0.0584. The van der Waals surface area contributed by atoms with Gasteiger partial charge in [-0.2, -0.15) is 0 Å². The van der Waals surface area contributed by atoms with E-state index in [1.165, 1.54) is 0 Å². The van der Waals surface area contributed by atoms with Crippen molar-refractivity contribution in [2.45, 2.75) is 47.6 Å². The first-order valence-corrected chi connectivity index (χ1v) is 10.3. The number of carbonyl (C=O) groups is 1. The lowest BCUT2D eigenvalue weighted by Gasteiger charge is -2.36. The van der Waals surface area contributed by atoms with E-state index in [0.29, 0.717) is 24.8 Å². The first-order chi connectivity index (χ1) is 13.3. The highest BCUT2D eigenvalue weighted by Gasteiger charge is 2.27. The predicted octanol–water partition coefficient (Wildman–Crippen LogP) is 2.65. The number of fused-ring (bicyclic) bond motifs is 1. The molecule has 0 atom stereocenters. The fourth-order valence-corrected chi connectivity index (χ4v) is 3.89. The molecule has 1 aliphatic rings. The zero-order chi connectivity index (χ0) is 20.4. The molecule has 0 unspecified atom stereocenters. The third kappa shape index (κ3) is 3.94. The SMILES string of the molecule is CCN(CC)c1nc(C(=O)N2CCN(C(C)C)CC2)nc2nc(C)cc(C)c12. The first-order valence-electron chi connectivity index (χ1n) is 10.3. The summed E-state index contributed by atoms with van der Waals surface area (Å²) in [5, 5.41) is 0.940. The molecule has 1 aliphatic heterocycles. The number of nitrogens with zero attached hydrogens (tertiary/aromatic N) is 6. The summed E-state index contributed by atoms with van der Waals surface area (Å²) in [6.07, 6.45) is 0. The van der Waals surface area contributed by atoms with Crippen LogP contribution < -0.4 is 4.90 Å². The van der Waals surface area contributed by atoms with Crippen LogP contribution in [-0.4, -0.2) is 76.0 Å². The number of carbonyl (C=O) groups excluding carboxylic acids is 1. The number of aryl methyl sites for hydroxylation is 2. The average molecular weight is 385 g/mol. The van der Waals surface area contributed by atoms with Crippen LogP contribution in [0.2, 0.25) is 0 Å². The van der Waals surface area contributed by atoms with Gasteiger partial charge in [-0.15, -0.1) is 0 Å². The van der Waals surface area contributed by atoms with Crippen LogP contribution in [0.15, 0.2) is 6.07 Å². The van der Waals surface area contributed by atoms with Crippen molar-refractivity contribution in [3.05, 3.63) is 23.1 Å². The third-order valence-electron chi connectivity index (χ3n) is 5.56. The molecule has 1 fully saturated rings. The van der Waals surface area contributed by atoms with Gasteiger partial charge in [0.2, 0.25) is 5.82 Å². The second-order valence-electron chi connectivity index (χ2n) is 7.74. The Morgan fingerprint density at radius 2 is 1.71 bits per heavy atom. The van der Waals surface area contributed by atoms with Crippen LogP contribution in [-0.2, 0) is 0 Å². The molecule has 0 bridgehead atoms. The minimum absolute atomic E-state index is 0.0975. The smallest absolute Gasteiger partial charge is 0.291 e. The van der Waals surface area contributed by atoms with Gasteiger partial charge in [0.15, 0.2) is 5.65 Å². The van der Waals surface area contributed by atoms with Gasteiger partial charge in [0, 0.05) is 51.0 Å². The molecule has 1 saturated heterocycles. The Morgan fingerprint density at radius 1 is 1.07 bits per heavy atom. The van der Waals surface area contributed by atoms with Crippen molar-refractivity contribution < 1.29 is 4.79 Å². The van der Waals surface area contributed by atoms with Crippen LogP contribution >= 0.6 is 0 Å². The Kier molecular flexibility index (Phi) is 6.13. The van der Waals surface area contributed by atoms with Crippen LogP contribution in [0.5, 0.6) is 0 Å². The van der Waals surface area contributed by atoms with E-state index in [1.807, 2.05) is 17.9 Å². The maximum atomic E-state index is 13.2. The highest BCUT2D eigenvalue weighted by Crippen LogP contribution is 2.27. The largest absolute Gasteiger partial charge is 0.356 e. The lowest BCUT2D eigenvalue weighted by Crippen LogP contribution is -2.51. The van der Waals surface area contributed by atoms with Crippen molar-refractivity contribution in [3.63, 3.8) is 0 Å². The Bertz CT molecular complexity index is 854. The number of aromatic nitrogens is 3. The van der Waals surface area contributed by atoms with E-state index in [-0.39, 0.29) is 11.7 Å². The molecule has 7 heteroatoms. The van der Waals surface area contributed by atoms with Crippen molar-refractivity contribution in [3.8, 4) is 0 Å². The fraction of sp³-hybridized carbons (Fsp3) is 0.619. The summed E-state index contributed by atoms with van der Waals surface area (Å²) < 4.78 is 0. The molecule has 3 rings (SSSR count). The van der Waals surface area contributed by atoms with Crippen LogP contribution in [0.1, 0.15) is 49.6 Å². The number of rotatable bonds is 5. The number of amides is 1. The maximum Gasteiger partial charge on any atom is 0.291 e. The highest BCUT2D eigenvalue weighted by molar-refractivity contribution is 5.96. The van der Waals surface area contributed by atoms with Crippen LogP contribution in [0, 0.1) is 13.8 Å². The van der Waals surface area contributed by atoms with Crippen molar-refractivity contribution in [2.75, 3.05) is 44.2 Å². The number of piperazine rings is 1. The molecule has 2 aromatic heterocycles. The zero-order valence-electron chi connectivity index (χ0n) is 18.0. The predicted molar refractivity (Wildman–Crippen MR) is 113 cm³/mol. The Labute approximate surface area is 167 Å². The summed E-state index contributed by atoms with van der Waals surface area (Å²) in [5.41, 5.74) is 2.60. The van der Waals surface area contributed by atoms with E-state index in [4.69, 9.17) is 4.98 Å². The molecule has 0 aromatic carbocycles. The molecule has 3 heterocycles. The summed E-state index contributed by atoms with van der Waals surface area (Å²) in [4.78, 5) is 33.5. The molecule has 28 heavy (non-hydrogen) atoms. The van der Waals surface area contributed by atoms with Crippen molar-refractivity contribution in [1.29, 1.82) is 0 Å². The van der Waals surface area contributed by atoms with Gasteiger partial charge in [0.05, 0.1) is 5.39 Å². The normalized spacial score (nSPS) is 15.5. The molecule has 7 nitrogen and oxygen atoms in total. The van der Waals surface area contributed by atoms with Gasteiger partial charge in [-0.3, -0.25) is 9.69 Å². The fourth-order valence-electron chi connectivity index (χ4n) is 3.89. The molecule has 1 amide bonds. The van der Waals surface area contributed by atoms with Gasteiger partial charge < -0.3 is 9.80 Å². The lowest BCUT2D eigenvalue weighted by atomic mass is 10.1. The van der Waals surface area contributed by atoms with Gasteiger partial charge >= 0.3 is 0 Å². The average Bonchev–Trinajstić information content (AvgIpc) is 2.67. The van der Waals surface area contributed by atoms with Crippen LogP contribution in [0.25, 0.3) is 11.0 Å². The van der Waals surface area contributed by atoms with E-state index in [2.05, 4.69) is 54.4 Å². The summed E-state index contributed by atoms with van der Waals surface area (Å²) in [6.45, 7) is 17.4. The van der Waals surface area contributed by atoms with Crippen LogP contribution in [0.4, 0.5) is 5.82 Å². The maximum absolute atomic E-state index is 13.2. The summed E-state index contributed by atoms with van der Waals surface area (Å²) in [7, 11) is 0. The molecular formula is C21H32N6O. The molecule has 0 spiro atoms. The van der Waals surface area contributed by atoms with Gasteiger partial charge in [-0.1, -0.05) is 0 Å². The summed E-state index contributed by atoms with van der Waals surface area (Å²) >= 11 is 0. The second kappa shape index (κ2) is 8.39. The minimum Gasteiger partial charge on any atom is -0.356 e. The Balaban J connectivity index is 2.01. The van der Waals surface area contributed by atoms with Crippen molar-refractivity contribution in [2.24, 2.45) is 0 Å². The number of hydrogen-bond donors (Lipinski definition) is 0.